The largest absolute Gasteiger partial charge is 0.340 e. The maximum atomic E-state index is 5.88. The van der Waals surface area contributed by atoms with Gasteiger partial charge in [0.2, 0.25) is 0 Å². The van der Waals surface area contributed by atoms with Crippen LogP contribution in [0, 0.1) is 0 Å². The predicted molar refractivity (Wildman–Crippen MR) is 87.1 cm³/mol. The lowest BCUT2D eigenvalue weighted by atomic mass is 10.1. The summed E-state index contributed by atoms with van der Waals surface area (Å²) in [5.74, 6) is 1.47. The maximum Gasteiger partial charge on any atom is 0.254 e. The second-order valence-corrected chi connectivity index (χ2v) is 5.39. The zero-order chi connectivity index (χ0) is 15.5. The molecule has 0 saturated heterocycles. The van der Waals surface area contributed by atoms with E-state index >= 15 is 0 Å². The van der Waals surface area contributed by atoms with Gasteiger partial charge >= 0.3 is 0 Å². The normalized spacial score (nSPS) is 12.5. The quantitative estimate of drug-likeness (QED) is 0.756. The van der Waals surface area contributed by atoms with Gasteiger partial charge in [0.15, 0.2) is 0 Å². The van der Waals surface area contributed by atoms with Crippen molar-refractivity contribution < 1.29 is 0 Å². The van der Waals surface area contributed by atoms with Crippen LogP contribution in [0.15, 0.2) is 36.7 Å². The van der Waals surface area contributed by atoms with E-state index in [2.05, 4.69) is 27.3 Å². The van der Waals surface area contributed by atoms with Gasteiger partial charge in [0, 0.05) is 23.5 Å². The van der Waals surface area contributed by atoms with Crippen molar-refractivity contribution in [2.45, 2.75) is 32.7 Å². The van der Waals surface area contributed by atoms with Gasteiger partial charge in [0.1, 0.15) is 12.1 Å². The number of aryl methyl sites for hydroxylation is 1. The van der Waals surface area contributed by atoms with Crippen molar-refractivity contribution in [3.05, 3.63) is 47.9 Å². The van der Waals surface area contributed by atoms with Gasteiger partial charge in [-0.1, -0.05) is 25.5 Å². The molecule has 3 aromatic rings. The molecule has 0 aliphatic heterocycles. The Balaban J connectivity index is 1.93. The van der Waals surface area contributed by atoms with Crippen LogP contribution in [0.3, 0.4) is 0 Å². The summed E-state index contributed by atoms with van der Waals surface area (Å²) in [6.07, 6.45) is 3.48. The van der Waals surface area contributed by atoms with Crippen molar-refractivity contribution in [3.8, 4) is 0 Å². The first kappa shape index (κ1) is 14.5. The number of hydrogen-bond donors (Lipinski definition) is 2. The number of nitrogens with two attached hydrogens (primary N) is 1. The Kier molecular flexibility index (Phi) is 4.02. The van der Waals surface area contributed by atoms with Crippen LogP contribution < -0.4 is 11.1 Å². The number of nitrogens with one attached hydrogen (secondary N) is 1. The molecule has 2 heterocycles. The number of fused-ring (bicyclic) bond motifs is 1. The smallest absolute Gasteiger partial charge is 0.254 e. The molecular weight excluding hydrogens is 276 g/mol. The van der Waals surface area contributed by atoms with Crippen LogP contribution in [-0.2, 0) is 6.42 Å². The van der Waals surface area contributed by atoms with Crippen LogP contribution in [0.4, 0.5) is 11.5 Å². The second-order valence-electron chi connectivity index (χ2n) is 5.39. The molecule has 6 heteroatoms. The summed E-state index contributed by atoms with van der Waals surface area (Å²) in [6.45, 7) is 4.11. The molecule has 1 atom stereocenters. The van der Waals surface area contributed by atoms with E-state index in [0.717, 1.165) is 35.6 Å². The van der Waals surface area contributed by atoms with Crippen molar-refractivity contribution in [2.24, 2.45) is 5.73 Å². The molecule has 3 rings (SSSR count). The van der Waals surface area contributed by atoms with Crippen molar-refractivity contribution >= 4 is 17.3 Å². The Hall–Kier alpha value is -2.47. The summed E-state index contributed by atoms with van der Waals surface area (Å²) in [5, 5.41) is 7.60. The minimum Gasteiger partial charge on any atom is -0.340 e. The molecule has 0 amide bonds. The topological polar surface area (TPSA) is 81.1 Å². The van der Waals surface area contributed by atoms with E-state index < -0.39 is 0 Å². The lowest BCUT2D eigenvalue weighted by Gasteiger charge is -2.11. The highest BCUT2D eigenvalue weighted by molar-refractivity contribution is 5.59. The fourth-order valence-electron chi connectivity index (χ4n) is 2.35. The average molecular weight is 296 g/mol. The van der Waals surface area contributed by atoms with Gasteiger partial charge in [-0.05, 0) is 31.0 Å². The van der Waals surface area contributed by atoms with E-state index in [0.29, 0.717) is 5.78 Å². The van der Waals surface area contributed by atoms with Crippen LogP contribution >= 0.6 is 0 Å². The lowest BCUT2D eigenvalue weighted by molar-refractivity contribution is 0.818. The van der Waals surface area contributed by atoms with Crippen molar-refractivity contribution in [3.63, 3.8) is 0 Å². The Morgan fingerprint density at radius 3 is 2.73 bits per heavy atom. The molecule has 1 aromatic carbocycles. The standard InChI is InChI=1S/C16H20N6/c1-3-4-14-9-15(22-16(21-14)18-10-19-22)20-13-7-5-12(6-8-13)11(2)17/h5-11,20H,3-4,17H2,1-2H3. The van der Waals surface area contributed by atoms with E-state index in [4.69, 9.17) is 5.73 Å². The molecule has 3 N–H and O–H groups in total. The molecule has 0 radical (unpaired) electrons. The predicted octanol–water partition coefficient (Wildman–Crippen LogP) is 2.84. The summed E-state index contributed by atoms with van der Waals surface area (Å²) in [4.78, 5) is 8.68. The van der Waals surface area contributed by atoms with E-state index in [1.807, 2.05) is 37.3 Å². The van der Waals surface area contributed by atoms with Gasteiger partial charge in [-0.15, -0.1) is 0 Å². The van der Waals surface area contributed by atoms with E-state index in [1.54, 1.807) is 4.52 Å². The first-order chi connectivity index (χ1) is 10.7. The summed E-state index contributed by atoms with van der Waals surface area (Å²) < 4.78 is 1.71. The van der Waals surface area contributed by atoms with E-state index in [1.165, 1.54) is 6.33 Å². The molecule has 0 aliphatic rings. The van der Waals surface area contributed by atoms with E-state index in [9.17, 15) is 0 Å². The van der Waals surface area contributed by atoms with Crippen molar-refractivity contribution in [1.29, 1.82) is 0 Å². The Morgan fingerprint density at radius 1 is 1.27 bits per heavy atom. The molecule has 0 aliphatic carbocycles. The zero-order valence-corrected chi connectivity index (χ0v) is 12.8. The summed E-state index contributed by atoms with van der Waals surface area (Å²) in [6, 6.07) is 10.1. The van der Waals surface area contributed by atoms with Gasteiger partial charge in [-0.2, -0.15) is 14.6 Å². The summed E-state index contributed by atoms with van der Waals surface area (Å²) in [7, 11) is 0. The third-order valence-corrected chi connectivity index (χ3v) is 3.52. The maximum absolute atomic E-state index is 5.88. The molecule has 114 valence electrons. The van der Waals surface area contributed by atoms with E-state index in [-0.39, 0.29) is 6.04 Å². The SMILES string of the molecule is CCCc1cc(Nc2ccc(C(C)N)cc2)n2ncnc2n1. The van der Waals surface area contributed by atoms with Gasteiger partial charge in [-0.3, -0.25) is 0 Å². The number of aromatic nitrogens is 4. The van der Waals surface area contributed by atoms with Gasteiger partial charge < -0.3 is 11.1 Å². The number of nitrogens with zero attached hydrogens (tertiary/aromatic N) is 4. The Bertz CT molecular complexity index is 760. The number of rotatable bonds is 5. The molecule has 0 spiro atoms. The molecule has 6 nitrogen and oxygen atoms in total. The zero-order valence-electron chi connectivity index (χ0n) is 12.8. The van der Waals surface area contributed by atoms with Crippen LogP contribution in [-0.4, -0.2) is 19.6 Å². The average Bonchev–Trinajstić information content (AvgIpc) is 2.97. The van der Waals surface area contributed by atoms with Gasteiger partial charge in [-0.25, -0.2) is 4.98 Å². The fourth-order valence-corrected chi connectivity index (χ4v) is 2.35. The molecule has 0 saturated carbocycles. The first-order valence-corrected chi connectivity index (χ1v) is 7.49. The highest BCUT2D eigenvalue weighted by Gasteiger charge is 2.08. The summed E-state index contributed by atoms with van der Waals surface area (Å²) in [5.41, 5.74) is 8.98. The van der Waals surface area contributed by atoms with Crippen LogP contribution in [0.2, 0.25) is 0 Å². The molecule has 1 unspecified atom stereocenters. The number of benzene rings is 1. The van der Waals surface area contributed by atoms with Crippen molar-refractivity contribution in [2.75, 3.05) is 5.32 Å². The molecule has 2 aromatic heterocycles. The Labute approximate surface area is 129 Å². The first-order valence-electron chi connectivity index (χ1n) is 7.49. The fraction of sp³-hybridized carbons (Fsp3) is 0.312. The Morgan fingerprint density at radius 2 is 2.05 bits per heavy atom. The van der Waals surface area contributed by atoms with Gasteiger partial charge in [0.05, 0.1) is 0 Å². The highest BCUT2D eigenvalue weighted by Crippen LogP contribution is 2.20. The van der Waals surface area contributed by atoms with Crippen LogP contribution in [0.5, 0.6) is 0 Å². The monoisotopic (exact) mass is 296 g/mol. The second kappa shape index (κ2) is 6.11. The van der Waals surface area contributed by atoms with Gasteiger partial charge in [0.25, 0.3) is 5.78 Å². The number of anilines is 2. The highest BCUT2D eigenvalue weighted by atomic mass is 15.3. The molecule has 0 fully saturated rings. The minimum atomic E-state index is 0.0353. The third kappa shape index (κ3) is 2.92. The third-order valence-electron chi connectivity index (χ3n) is 3.52. The molecular formula is C16H20N6. The summed E-state index contributed by atoms with van der Waals surface area (Å²) >= 11 is 0. The molecule has 0 bridgehead atoms. The van der Waals surface area contributed by atoms with Crippen molar-refractivity contribution in [1.82, 2.24) is 19.6 Å². The minimum absolute atomic E-state index is 0.0353. The number of hydrogen-bond acceptors (Lipinski definition) is 5. The lowest BCUT2D eigenvalue weighted by Crippen LogP contribution is -2.06. The van der Waals surface area contributed by atoms with Crippen LogP contribution in [0.1, 0.15) is 37.6 Å². The van der Waals surface area contributed by atoms with Crippen LogP contribution in [0.25, 0.3) is 5.78 Å². The molecule has 22 heavy (non-hydrogen) atoms.